The molecule has 7 nitrogen and oxygen atoms in total. The van der Waals surface area contributed by atoms with Crippen LogP contribution in [-0.4, -0.2) is 54.6 Å². The molecule has 1 saturated heterocycles. The monoisotopic (exact) mass is 528 g/mol. The molecule has 4 heterocycles. The van der Waals surface area contributed by atoms with Crippen molar-refractivity contribution in [3.05, 3.63) is 71.8 Å². The summed E-state index contributed by atoms with van der Waals surface area (Å²) in [5, 5.41) is 9.49. The quantitative estimate of drug-likeness (QED) is 0.226. The lowest BCUT2D eigenvalue weighted by molar-refractivity contribution is 0.299. The number of hydrogen-bond donors (Lipinski definition) is 0. The van der Waals surface area contributed by atoms with Gasteiger partial charge in [-0.05, 0) is 56.0 Å². The summed E-state index contributed by atoms with van der Waals surface area (Å²) >= 11 is 1.72. The zero-order valence-electron chi connectivity index (χ0n) is 20.4. The molecule has 0 unspecified atom stereocenters. The van der Waals surface area contributed by atoms with E-state index in [1.807, 2.05) is 53.7 Å². The maximum Gasteiger partial charge on any atom is 0.202 e. The fourth-order valence-electron chi connectivity index (χ4n) is 5.47. The van der Waals surface area contributed by atoms with Crippen LogP contribution in [0.1, 0.15) is 29.7 Å². The summed E-state index contributed by atoms with van der Waals surface area (Å²) < 4.78 is 24.3. The number of likely N-dealkylation sites (tertiary alicyclic amines) is 1. The van der Waals surface area contributed by atoms with Crippen LogP contribution < -0.4 is 0 Å². The van der Waals surface area contributed by atoms with Gasteiger partial charge >= 0.3 is 0 Å². The Morgan fingerprint density at radius 3 is 2.81 bits per heavy atom. The minimum absolute atomic E-state index is 0. The molecule has 2 aliphatic rings. The molecular weight excluding hydrogens is 499 g/mol. The van der Waals surface area contributed by atoms with E-state index >= 15 is 0 Å². The molecule has 1 aliphatic carbocycles. The predicted molar refractivity (Wildman–Crippen MR) is 140 cm³/mol. The maximum atomic E-state index is 14.9. The average molecular weight is 529 g/mol. The van der Waals surface area contributed by atoms with Gasteiger partial charge in [0.05, 0.1) is 5.69 Å². The van der Waals surface area contributed by atoms with Crippen molar-refractivity contribution in [1.82, 2.24) is 29.2 Å². The summed E-state index contributed by atoms with van der Waals surface area (Å²) in [6.07, 6.45) is 7.62. The summed E-state index contributed by atoms with van der Waals surface area (Å²) in [5.74, 6) is 2.90. The van der Waals surface area contributed by atoms with Gasteiger partial charge in [-0.1, -0.05) is 23.9 Å². The minimum atomic E-state index is -0.0883. The van der Waals surface area contributed by atoms with Gasteiger partial charge < -0.3 is 18.5 Å². The van der Waals surface area contributed by atoms with E-state index < -0.39 is 0 Å². The van der Waals surface area contributed by atoms with E-state index in [9.17, 15) is 4.39 Å². The van der Waals surface area contributed by atoms with Gasteiger partial charge in [0.25, 0.3) is 0 Å². The number of hydrogen-bond acceptors (Lipinski definition) is 6. The van der Waals surface area contributed by atoms with Crippen LogP contribution in [0.5, 0.6) is 0 Å². The lowest BCUT2D eigenvalue weighted by atomic mass is 9.93. The summed E-state index contributed by atoms with van der Waals surface area (Å²) in [4.78, 5) is 6.68. The number of nitrogens with zero attached hydrogens (tertiary/aromatic N) is 6. The minimum Gasteiger partial charge on any atom is -0.440 e. The highest BCUT2D eigenvalue weighted by Gasteiger charge is 2.60. The smallest absolute Gasteiger partial charge is 0.202 e. The molecule has 3 aromatic heterocycles. The van der Waals surface area contributed by atoms with Crippen molar-refractivity contribution in [3.63, 3.8) is 0 Å². The zero-order valence-corrected chi connectivity index (χ0v) is 22.1. The Hall–Kier alpha value is -2.62. The molecule has 6 rings (SSSR count). The van der Waals surface area contributed by atoms with Gasteiger partial charge in [-0.2, -0.15) is 0 Å². The molecule has 0 radical (unpaired) electrons. The lowest BCUT2D eigenvalue weighted by Gasteiger charge is -2.21. The van der Waals surface area contributed by atoms with Gasteiger partial charge in [0, 0.05) is 55.8 Å². The van der Waals surface area contributed by atoms with Crippen LogP contribution in [0.15, 0.2) is 58.7 Å². The summed E-state index contributed by atoms with van der Waals surface area (Å²) in [5.41, 5.74) is 2.88. The van der Waals surface area contributed by atoms with E-state index in [1.165, 1.54) is 18.4 Å². The highest BCUT2D eigenvalue weighted by Crippen LogP contribution is 2.59. The van der Waals surface area contributed by atoms with Crippen molar-refractivity contribution in [2.24, 2.45) is 13.0 Å². The van der Waals surface area contributed by atoms with Crippen molar-refractivity contribution >= 4 is 24.2 Å². The van der Waals surface area contributed by atoms with Gasteiger partial charge in [-0.25, -0.2) is 9.37 Å². The van der Waals surface area contributed by atoms with Crippen LogP contribution in [0.4, 0.5) is 4.39 Å². The third-order valence-corrected chi connectivity index (χ3v) is 8.60. The number of oxazole rings is 1. The van der Waals surface area contributed by atoms with Crippen LogP contribution in [0.3, 0.4) is 0 Å². The molecule has 4 aromatic rings. The van der Waals surface area contributed by atoms with Crippen molar-refractivity contribution in [2.75, 3.05) is 25.4 Å². The van der Waals surface area contributed by atoms with Crippen LogP contribution in [0.2, 0.25) is 0 Å². The van der Waals surface area contributed by atoms with Gasteiger partial charge in [-0.3, -0.25) is 0 Å². The summed E-state index contributed by atoms with van der Waals surface area (Å²) in [6, 6.07) is 9.86. The Balaban J connectivity index is 0.00000267. The van der Waals surface area contributed by atoms with E-state index in [0.717, 1.165) is 48.2 Å². The number of halogens is 2. The number of thioether (sulfide) groups is 1. The van der Waals surface area contributed by atoms with E-state index in [0.29, 0.717) is 24.0 Å². The third kappa shape index (κ3) is 4.60. The largest absolute Gasteiger partial charge is 0.440 e. The van der Waals surface area contributed by atoms with Crippen LogP contribution in [0.25, 0.3) is 11.6 Å². The molecule has 2 atom stereocenters. The number of fused-ring (bicyclic) bond motifs is 1. The number of rotatable bonds is 9. The van der Waals surface area contributed by atoms with Gasteiger partial charge in [0.15, 0.2) is 17.3 Å². The molecule has 1 aromatic carbocycles. The van der Waals surface area contributed by atoms with Gasteiger partial charge in [0.1, 0.15) is 5.82 Å². The van der Waals surface area contributed by atoms with Crippen molar-refractivity contribution < 1.29 is 8.81 Å². The Morgan fingerprint density at radius 1 is 1.22 bits per heavy atom. The third-order valence-electron chi connectivity index (χ3n) is 7.50. The predicted octanol–water partition coefficient (Wildman–Crippen LogP) is 4.94. The Bertz CT molecular complexity index is 1340. The van der Waals surface area contributed by atoms with Crippen LogP contribution in [0, 0.1) is 18.7 Å². The standard InChI is InChI=1S/C26H29FN6OS.ClH/c1-18-23(34-17-28-18)24-29-30-25(31(24)2)35-11-5-10-33-15-21-13-26(21,16-33)20-7-6-19(22(27)12-20)14-32-8-3-4-9-32;/h3-4,6-9,12,17,21H,5,10-11,13-16H2,1-2H3;1H/t21-,26+;/m1./s1. The molecule has 1 aliphatic heterocycles. The molecule has 0 amide bonds. The highest BCUT2D eigenvalue weighted by molar-refractivity contribution is 7.99. The topological polar surface area (TPSA) is 64.9 Å². The van der Waals surface area contributed by atoms with E-state index in [4.69, 9.17) is 4.42 Å². The molecule has 1 saturated carbocycles. The molecule has 0 N–H and O–H groups in total. The van der Waals surface area contributed by atoms with Crippen LogP contribution >= 0.6 is 24.2 Å². The SMILES string of the molecule is Cc1ncoc1-c1nnc(SCCCN2C[C@H]3C[C@@]3(c3ccc(Cn4cccc4)c(F)c3)C2)n1C.Cl. The molecule has 0 bridgehead atoms. The van der Waals surface area contributed by atoms with E-state index in [2.05, 4.69) is 26.1 Å². The first-order valence-corrected chi connectivity index (χ1v) is 13.1. The second-order valence-corrected chi connectivity index (χ2v) is 10.9. The number of benzene rings is 1. The second kappa shape index (κ2) is 10.0. The fraction of sp³-hybridized carbons (Fsp3) is 0.423. The van der Waals surface area contributed by atoms with Crippen LogP contribution in [-0.2, 0) is 19.0 Å². The fourth-order valence-corrected chi connectivity index (χ4v) is 6.30. The summed E-state index contributed by atoms with van der Waals surface area (Å²) in [6.45, 7) is 5.66. The number of piperidine rings is 1. The molecule has 2 fully saturated rings. The molecule has 190 valence electrons. The molecule has 10 heteroatoms. The highest BCUT2D eigenvalue weighted by atomic mass is 35.5. The maximum absolute atomic E-state index is 14.9. The van der Waals surface area contributed by atoms with Crippen molar-refractivity contribution in [3.8, 4) is 11.6 Å². The normalized spacial score (nSPS) is 20.9. The van der Waals surface area contributed by atoms with E-state index in [-0.39, 0.29) is 23.6 Å². The van der Waals surface area contributed by atoms with Crippen molar-refractivity contribution in [2.45, 2.75) is 36.9 Å². The van der Waals surface area contributed by atoms with Crippen molar-refractivity contribution in [1.29, 1.82) is 0 Å². The summed E-state index contributed by atoms with van der Waals surface area (Å²) in [7, 11) is 1.96. The second-order valence-electron chi connectivity index (χ2n) is 9.79. The number of aromatic nitrogens is 5. The molecule has 36 heavy (non-hydrogen) atoms. The Kier molecular flexibility index (Phi) is 6.98. The first-order chi connectivity index (χ1) is 17.0. The number of aryl methyl sites for hydroxylation is 1. The average Bonchev–Trinajstić information content (AvgIpc) is 3.37. The Labute approximate surface area is 220 Å². The zero-order chi connectivity index (χ0) is 24.0. The molecular formula is C26H30ClFN6OS. The first kappa shape index (κ1) is 25.0. The Morgan fingerprint density at radius 2 is 2.06 bits per heavy atom. The first-order valence-electron chi connectivity index (χ1n) is 12.1. The van der Waals surface area contributed by atoms with Gasteiger partial charge in [0.2, 0.25) is 5.82 Å². The van der Waals surface area contributed by atoms with E-state index in [1.54, 1.807) is 17.8 Å². The van der Waals surface area contributed by atoms with Gasteiger partial charge in [-0.15, -0.1) is 22.6 Å². The molecule has 0 spiro atoms. The lowest BCUT2D eigenvalue weighted by Crippen LogP contribution is -2.28.